The molecule has 0 atom stereocenters. The Morgan fingerprint density at radius 1 is 0.826 bits per heavy atom. The first-order valence-corrected chi connectivity index (χ1v) is 8.13. The van der Waals surface area contributed by atoms with Crippen LogP contribution in [0.2, 0.25) is 0 Å². The minimum atomic E-state index is 0.105. The second kappa shape index (κ2) is 4.99. The van der Waals surface area contributed by atoms with Gasteiger partial charge in [-0.3, -0.25) is 0 Å². The van der Waals surface area contributed by atoms with E-state index in [1.165, 1.54) is 33.0 Å². The molecule has 23 heavy (non-hydrogen) atoms. The van der Waals surface area contributed by atoms with Gasteiger partial charge in [-0.2, -0.15) is 0 Å². The van der Waals surface area contributed by atoms with E-state index in [1.54, 1.807) is 0 Å². The summed E-state index contributed by atoms with van der Waals surface area (Å²) in [5.41, 5.74) is 5.38. The fourth-order valence-corrected chi connectivity index (χ4v) is 3.40. The highest BCUT2D eigenvalue weighted by Crippen LogP contribution is 2.39. The molecule has 0 bridgehead atoms. The van der Waals surface area contributed by atoms with Gasteiger partial charge in [-0.25, -0.2) is 0 Å². The Morgan fingerprint density at radius 2 is 1.61 bits per heavy atom. The smallest absolute Gasteiger partial charge is 0.0456 e. The number of hydrogen-bond acceptors (Lipinski definition) is 0. The van der Waals surface area contributed by atoms with Crippen molar-refractivity contribution in [3.8, 4) is 11.1 Å². The molecule has 0 aliphatic rings. The van der Waals surface area contributed by atoms with E-state index >= 15 is 0 Å². The maximum absolute atomic E-state index is 2.29. The number of rotatable bonds is 1. The molecule has 0 saturated carbocycles. The molecule has 0 aliphatic carbocycles. The molecule has 0 saturated heterocycles. The number of aromatic nitrogens is 1. The van der Waals surface area contributed by atoms with E-state index < -0.39 is 0 Å². The summed E-state index contributed by atoms with van der Waals surface area (Å²) < 4.78 is 2.20. The van der Waals surface area contributed by atoms with E-state index in [9.17, 15) is 0 Å². The molecule has 4 aromatic rings. The molecule has 114 valence electrons. The minimum absolute atomic E-state index is 0.105. The van der Waals surface area contributed by atoms with Crippen LogP contribution in [0.25, 0.3) is 27.4 Å². The standard InChI is InChI=1S/C22H21N/c1-22(2,3)20-12-11-16-8-4-5-10-19(16)21(20)17-14-18-9-6-7-13-23(18)15-17/h4-15H,1-3H3. The highest BCUT2D eigenvalue weighted by atomic mass is 14.8. The van der Waals surface area contributed by atoms with Gasteiger partial charge >= 0.3 is 0 Å². The number of nitrogens with zero attached hydrogens (tertiary/aromatic N) is 1. The molecule has 0 radical (unpaired) electrons. The van der Waals surface area contributed by atoms with Crippen molar-refractivity contribution in [3.05, 3.63) is 78.6 Å². The number of hydrogen-bond donors (Lipinski definition) is 0. The topological polar surface area (TPSA) is 4.41 Å². The van der Waals surface area contributed by atoms with Crippen LogP contribution < -0.4 is 0 Å². The summed E-state index contributed by atoms with van der Waals surface area (Å²) in [4.78, 5) is 0. The molecule has 0 amide bonds. The van der Waals surface area contributed by atoms with E-state index in [1.807, 2.05) is 0 Å². The van der Waals surface area contributed by atoms with Gasteiger partial charge in [0.2, 0.25) is 0 Å². The van der Waals surface area contributed by atoms with Crippen molar-refractivity contribution in [2.75, 3.05) is 0 Å². The van der Waals surface area contributed by atoms with Crippen molar-refractivity contribution in [1.82, 2.24) is 4.40 Å². The van der Waals surface area contributed by atoms with Crippen LogP contribution in [0.5, 0.6) is 0 Å². The van der Waals surface area contributed by atoms with Gasteiger partial charge in [0.25, 0.3) is 0 Å². The third-order valence-corrected chi connectivity index (χ3v) is 4.53. The second-order valence-corrected chi connectivity index (χ2v) is 7.22. The predicted octanol–water partition coefficient (Wildman–Crippen LogP) is 6.06. The third-order valence-electron chi connectivity index (χ3n) is 4.53. The van der Waals surface area contributed by atoms with E-state index in [0.29, 0.717) is 0 Å². The summed E-state index contributed by atoms with van der Waals surface area (Å²) in [6.45, 7) is 6.86. The van der Waals surface area contributed by atoms with E-state index in [-0.39, 0.29) is 5.41 Å². The summed E-state index contributed by atoms with van der Waals surface area (Å²) in [5.74, 6) is 0. The molecule has 0 fully saturated rings. The Morgan fingerprint density at radius 3 is 2.39 bits per heavy atom. The second-order valence-electron chi connectivity index (χ2n) is 7.22. The van der Waals surface area contributed by atoms with Crippen molar-refractivity contribution in [1.29, 1.82) is 0 Å². The average molecular weight is 299 g/mol. The first kappa shape index (κ1) is 14.1. The maximum atomic E-state index is 2.29. The zero-order valence-corrected chi connectivity index (χ0v) is 13.9. The SMILES string of the molecule is CC(C)(C)c1ccc2ccccc2c1-c1cc2ccccn2c1. The molecule has 0 aliphatic heterocycles. The molecule has 1 nitrogen and oxygen atoms in total. The van der Waals surface area contributed by atoms with Gasteiger partial charge in [-0.05, 0) is 45.5 Å². The van der Waals surface area contributed by atoms with Gasteiger partial charge in [-0.1, -0.05) is 63.2 Å². The molecular formula is C22H21N. The molecule has 2 heterocycles. The molecule has 0 N–H and O–H groups in total. The van der Waals surface area contributed by atoms with Crippen LogP contribution in [0.1, 0.15) is 26.3 Å². The van der Waals surface area contributed by atoms with Crippen molar-refractivity contribution < 1.29 is 0 Å². The molecule has 0 unspecified atom stereocenters. The maximum Gasteiger partial charge on any atom is 0.0456 e. The zero-order chi connectivity index (χ0) is 16.0. The summed E-state index contributed by atoms with van der Waals surface area (Å²) in [5, 5.41) is 2.63. The summed E-state index contributed by atoms with van der Waals surface area (Å²) in [6.07, 6.45) is 4.35. The fourth-order valence-electron chi connectivity index (χ4n) is 3.40. The lowest BCUT2D eigenvalue weighted by Gasteiger charge is -2.24. The van der Waals surface area contributed by atoms with Crippen LogP contribution in [0.15, 0.2) is 73.1 Å². The Hall–Kier alpha value is -2.54. The number of fused-ring (bicyclic) bond motifs is 2. The lowest BCUT2D eigenvalue weighted by atomic mass is 9.80. The quantitative estimate of drug-likeness (QED) is 0.402. The van der Waals surface area contributed by atoms with Gasteiger partial charge in [0.05, 0.1) is 0 Å². The Bertz CT molecular complexity index is 966. The van der Waals surface area contributed by atoms with Gasteiger partial charge in [0, 0.05) is 23.5 Å². The molecular weight excluding hydrogens is 278 g/mol. The van der Waals surface area contributed by atoms with Crippen LogP contribution in [0.4, 0.5) is 0 Å². The van der Waals surface area contributed by atoms with E-state index in [2.05, 4.69) is 98.2 Å². The molecule has 4 rings (SSSR count). The highest BCUT2D eigenvalue weighted by Gasteiger charge is 2.21. The number of pyridine rings is 1. The van der Waals surface area contributed by atoms with Crippen LogP contribution in [-0.2, 0) is 5.41 Å². The van der Waals surface area contributed by atoms with E-state index in [0.717, 1.165) is 0 Å². The molecule has 1 heteroatoms. The largest absolute Gasteiger partial charge is 0.323 e. The zero-order valence-electron chi connectivity index (χ0n) is 13.9. The molecule has 2 aromatic carbocycles. The Kier molecular flexibility index (Phi) is 3.05. The van der Waals surface area contributed by atoms with Crippen molar-refractivity contribution in [2.45, 2.75) is 26.2 Å². The van der Waals surface area contributed by atoms with Gasteiger partial charge in [0.15, 0.2) is 0 Å². The first-order valence-electron chi connectivity index (χ1n) is 8.13. The lowest BCUT2D eigenvalue weighted by molar-refractivity contribution is 0.593. The van der Waals surface area contributed by atoms with Crippen molar-refractivity contribution in [2.24, 2.45) is 0 Å². The lowest BCUT2D eigenvalue weighted by Crippen LogP contribution is -2.12. The Balaban J connectivity index is 2.11. The molecule has 2 aromatic heterocycles. The van der Waals surface area contributed by atoms with Crippen molar-refractivity contribution >= 4 is 16.3 Å². The Labute approximate surface area is 137 Å². The van der Waals surface area contributed by atoms with Crippen LogP contribution in [0, 0.1) is 0 Å². The van der Waals surface area contributed by atoms with Gasteiger partial charge < -0.3 is 4.40 Å². The minimum Gasteiger partial charge on any atom is -0.323 e. The fraction of sp³-hybridized carbons (Fsp3) is 0.182. The first-order chi connectivity index (χ1) is 11.0. The monoisotopic (exact) mass is 299 g/mol. The molecule has 0 spiro atoms. The third kappa shape index (κ3) is 2.33. The average Bonchev–Trinajstić information content (AvgIpc) is 2.96. The van der Waals surface area contributed by atoms with Gasteiger partial charge in [0.1, 0.15) is 0 Å². The van der Waals surface area contributed by atoms with Crippen LogP contribution in [-0.4, -0.2) is 4.40 Å². The van der Waals surface area contributed by atoms with Crippen LogP contribution >= 0.6 is 0 Å². The summed E-state index contributed by atoms with van der Waals surface area (Å²) in [6, 6.07) is 21.8. The number of benzene rings is 2. The van der Waals surface area contributed by atoms with Crippen molar-refractivity contribution in [3.63, 3.8) is 0 Å². The predicted molar refractivity (Wildman–Crippen MR) is 99.0 cm³/mol. The van der Waals surface area contributed by atoms with E-state index in [4.69, 9.17) is 0 Å². The summed E-state index contributed by atoms with van der Waals surface area (Å²) in [7, 11) is 0. The summed E-state index contributed by atoms with van der Waals surface area (Å²) >= 11 is 0. The normalized spacial score (nSPS) is 12.1. The highest BCUT2D eigenvalue weighted by molar-refractivity contribution is 5.99. The van der Waals surface area contributed by atoms with Gasteiger partial charge in [-0.15, -0.1) is 0 Å². The van der Waals surface area contributed by atoms with Crippen LogP contribution in [0.3, 0.4) is 0 Å².